The minimum absolute atomic E-state index is 0.00369. The Kier molecular flexibility index (Phi) is 3.44. The summed E-state index contributed by atoms with van der Waals surface area (Å²) in [6, 6.07) is 11.1. The minimum Gasteiger partial charge on any atom is -0.493 e. The van der Waals surface area contributed by atoms with Gasteiger partial charge in [-0.25, -0.2) is 4.98 Å². The molecule has 0 aliphatic carbocycles. The largest absolute Gasteiger partial charge is 0.493 e. The predicted octanol–water partition coefficient (Wildman–Crippen LogP) is 1.62. The van der Waals surface area contributed by atoms with Gasteiger partial charge in [-0.05, 0) is 0 Å². The first-order valence-corrected chi connectivity index (χ1v) is 7.10. The molecule has 0 aliphatic rings. The second-order valence-corrected chi connectivity index (χ2v) is 5.28. The van der Waals surface area contributed by atoms with E-state index in [1.54, 1.807) is 6.07 Å². The smallest absolute Gasteiger partial charge is 0.256 e. The lowest BCUT2D eigenvalue weighted by molar-refractivity contribution is 0.435. The van der Waals surface area contributed by atoms with Crippen molar-refractivity contribution < 1.29 is 5.11 Å². The number of rotatable bonds is 3. The van der Waals surface area contributed by atoms with E-state index in [1.165, 1.54) is 4.52 Å². The Morgan fingerprint density at radius 1 is 1.29 bits per heavy atom. The zero-order valence-corrected chi connectivity index (χ0v) is 11.7. The maximum Gasteiger partial charge on any atom is 0.256 e. The molecule has 7 nitrogen and oxygen atoms in total. The van der Waals surface area contributed by atoms with Gasteiger partial charge in [-0.15, -0.1) is 5.10 Å². The number of hydrogen-bond acceptors (Lipinski definition) is 6. The fourth-order valence-corrected chi connectivity index (χ4v) is 2.26. The monoisotopic (exact) mass is 300 g/mol. The molecule has 0 atom stereocenters. The lowest BCUT2D eigenvalue weighted by Gasteiger charge is -2.02. The summed E-state index contributed by atoms with van der Waals surface area (Å²) in [5.74, 6) is 1.10. The average Bonchev–Trinajstić information content (AvgIpc) is 2.90. The molecule has 3 aromatic rings. The quantitative estimate of drug-likeness (QED) is 0.500. The van der Waals surface area contributed by atoms with Crippen LogP contribution in [0.4, 0.5) is 0 Å². The highest BCUT2D eigenvalue weighted by Crippen LogP contribution is 2.22. The zero-order valence-electron chi connectivity index (χ0n) is 10.9. The Morgan fingerprint density at radius 2 is 2.05 bits per heavy atom. The fourth-order valence-electron chi connectivity index (χ4n) is 1.86. The number of amidine groups is 1. The van der Waals surface area contributed by atoms with Crippen LogP contribution < -0.4 is 5.73 Å². The third-order valence-corrected chi connectivity index (χ3v) is 3.48. The normalized spacial score (nSPS) is 10.9. The first-order valence-electron chi connectivity index (χ1n) is 6.11. The molecular formula is C13H12N6OS. The van der Waals surface area contributed by atoms with Gasteiger partial charge in [0.15, 0.2) is 11.0 Å². The molecular weight excluding hydrogens is 288 g/mol. The van der Waals surface area contributed by atoms with E-state index in [1.807, 2.05) is 30.3 Å². The van der Waals surface area contributed by atoms with Crippen molar-refractivity contribution in [1.82, 2.24) is 19.6 Å². The van der Waals surface area contributed by atoms with Gasteiger partial charge >= 0.3 is 0 Å². The number of nitrogens with zero attached hydrogens (tertiary/aromatic N) is 4. The Bertz CT molecular complexity index is 801. The maximum atomic E-state index is 10.1. The molecule has 2 aromatic heterocycles. The zero-order chi connectivity index (χ0) is 14.8. The molecule has 8 heteroatoms. The SMILES string of the molecule is N=C(N)SCc1nc2nc(-c3ccccc3)cc(O)n2n1. The topological polar surface area (TPSA) is 113 Å². The van der Waals surface area contributed by atoms with E-state index in [-0.39, 0.29) is 11.0 Å². The number of fused-ring (bicyclic) bond motifs is 1. The first-order chi connectivity index (χ1) is 10.1. The van der Waals surface area contributed by atoms with Crippen LogP contribution in [0.2, 0.25) is 0 Å². The van der Waals surface area contributed by atoms with E-state index in [2.05, 4.69) is 15.1 Å². The van der Waals surface area contributed by atoms with Crippen LogP contribution in [0.1, 0.15) is 5.82 Å². The molecule has 3 rings (SSSR count). The second kappa shape index (κ2) is 5.41. The molecule has 0 saturated heterocycles. The molecule has 4 N–H and O–H groups in total. The van der Waals surface area contributed by atoms with Crippen molar-refractivity contribution in [2.45, 2.75) is 5.75 Å². The summed E-state index contributed by atoms with van der Waals surface area (Å²) in [7, 11) is 0. The van der Waals surface area contributed by atoms with Crippen LogP contribution in [0.25, 0.3) is 17.0 Å². The van der Waals surface area contributed by atoms with Crippen molar-refractivity contribution in [2.24, 2.45) is 5.73 Å². The third-order valence-electron chi connectivity index (χ3n) is 2.76. The van der Waals surface area contributed by atoms with Gasteiger partial charge in [0.1, 0.15) is 0 Å². The van der Waals surface area contributed by atoms with Gasteiger partial charge in [-0.3, -0.25) is 5.41 Å². The van der Waals surface area contributed by atoms with Crippen molar-refractivity contribution in [3.8, 4) is 17.1 Å². The Morgan fingerprint density at radius 3 is 2.76 bits per heavy atom. The van der Waals surface area contributed by atoms with Crippen LogP contribution in [-0.4, -0.2) is 29.9 Å². The average molecular weight is 300 g/mol. The number of aromatic nitrogens is 4. The molecule has 106 valence electrons. The molecule has 21 heavy (non-hydrogen) atoms. The standard InChI is InChI=1S/C13H12N6OS/c14-12(15)21-7-10-17-13-16-9(6-11(20)19(13)18-10)8-4-2-1-3-5-8/h1-6,20H,7H2,(H3,14,15). The van der Waals surface area contributed by atoms with E-state index >= 15 is 0 Å². The number of hydrogen-bond donors (Lipinski definition) is 3. The van der Waals surface area contributed by atoms with Crippen molar-refractivity contribution >= 4 is 22.7 Å². The highest BCUT2D eigenvalue weighted by Gasteiger charge is 2.11. The summed E-state index contributed by atoms with van der Waals surface area (Å²) in [4.78, 5) is 8.63. The summed E-state index contributed by atoms with van der Waals surface area (Å²) < 4.78 is 1.27. The van der Waals surface area contributed by atoms with Gasteiger partial charge in [0.05, 0.1) is 11.4 Å². The van der Waals surface area contributed by atoms with Crippen molar-refractivity contribution in [3.63, 3.8) is 0 Å². The number of thioether (sulfide) groups is 1. The summed E-state index contributed by atoms with van der Waals surface area (Å²) in [6.07, 6.45) is 0. The lowest BCUT2D eigenvalue weighted by Crippen LogP contribution is -2.04. The molecule has 1 aromatic carbocycles. The Balaban J connectivity index is 2.01. The van der Waals surface area contributed by atoms with E-state index < -0.39 is 0 Å². The molecule has 0 fully saturated rings. The fraction of sp³-hybridized carbons (Fsp3) is 0.0769. The van der Waals surface area contributed by atoms with Gasteiger partial charge in [0.25, 0.3) is 5.78 Å². The molecule has 0 unspecified atom stereocenters. The Labute approximate surface area is 124 Å². The molecule has 0 amide bonds. The molecule has 0 radical (unpaired) electrons. The van der Waals surface area contributed by atoms with Gasteiger partial charge in [0.2, 0.25) is 5.88 Å². The highest BCUT2D eigenvalue weighted by atomic mass is 32.2. The lowest BCUT2D eigenvalue weighted by atomic mass is 10.1. The van der Waals surface area contributed by atoms with Crippen molar-refractivity contribution in [1.29, 1.82) is 5.41 Å². The molecule has 0 bridgehead atoms. The van der Waals surface area contributed by atoms with E-state index in [0.29, 0.717) is 23.0 Å². The summed E-state index contributed by atoms with van der Waals surface area (Å²) >= 11 is 1.12. The molecule has 0 aliphatic heterocycles. The number of nitrogens with one attached hydrogen (secondary N) is 1. The van der Waals surface area contributed by atoms with Crippen LogP contribution in [0.5, 0.6) is 5.88 Å². The first kappa shape index (κ1) is 13.4. The summed E-state index contributed by atoms with van der Waals surface area (Å²) in [5, 5.41) is 21.4. The predicted molar refractivity (Wildman–Crippen MR) is 81.1 cm³/mol. The van der Waals surface area contributed by atoms with Gasteiger partial charge < -0.3 is 10.8 Å². The number of aromatic hydroxyl groups is 1. The molecule has 0 saturated carbocycles. The number of benzene rings is 1. The summed E-state index contributed by atoms with van der Waals surface area (Å²) in [5.41, 5.74) is 6.79. The van der Waals surface area contributed by atoms with Crippen molar-refractivity contribution in [2.75, 3.05) is 0 Å². The van der Waals surface area contributed by atoms with Crippen molar-refractivity contribution in [3.05, 3.63) is 42.2 Å². The van der Waals surface area contributed by atoms with Gasteiger partial charge in [0, 0.05) is 11.6 Å². The minimum atomic E-state index is -0.0366. The second-order valence-electron chi connectivity index (χ2n) is 4.26. The highest BCUT2D eigenvalue weighted by molar-refractivity contribution is 8.12. The third kappa shape index (κ3) is 2.79. The summed E-state index contributed by atoms with van der Waals surface area (Å²) in [6.45, 7) is 0. The van der Waals surface area contributed by atoms with E-state index in [4.69, 9.17) is 11.1 Å². The van der Waals surface area contributed by atoms with Gasteiger partial charge in [-0.2, -0.15) is 9.50 Å². The van der Waals surface area contributed by atoms with E-state index in [0.717, 1.165) is 17.3 Å². The van der Waals surface area contributed by atoms with Crippen LogP contribution >= 0.6 is 11.8 Å². The van der Waals surface area contributed by atoms with E-state index in [9.17, 15) is 5.11 Å². The number of nitrogens with two attached hydrogens (primary N) is 1. The maximum absolute atomic E-state index is 10.1. The van der Waals surface area contributed by atoms with Crippen LogP contribution in [0.3, 0.4) is 0 Å². The van der Waals surface area contributed by atoms with Gasteiger partial charge in [-0.1, -0.05) is 42.1 Å². The Hall–Kier alpha value is -2.61. The molecule has 0 spiro atoms. The van der Waals surface area contributed by atoms with Crippen LogP contribution in [0.15, 0.2) is 36.4 Å². The van der Waals surface area contributed by atoms with Crippen LogP contribution in [-0.2, 0) is 5.75 Å². The van der Waals surface area contributed by atoms with Crippen LogP contribution in [0, 0.1) is 5.41 Å². The molecule has 2 heterocycles.